The van der Waals surface area contributed by atoms with Crippen molar-refractivity contribution >= 4 is 5.91 Å². The molecule has 1 amide bonds. The van der Waals surface area contributed by atoms with E-state index in [0.717, 1.165) is 32.5 Å². The molecule has 0 bridgehead atoms. The maximum Gasteiger partial charge on any atom is 0.220 e. The number of amides is 1. The lowest BCUT2D eigenvalue weighted by atomic mass is 10.1. The third kappa shape index (κ3) is 31.9. The van der Waals surface area contributed by atoms with Crippen LogP contribution in [0.2, 0.25) is 0 Å². The van der Waals surface area contributed by atoms with Crippen molar-refractivity contribution in [3.63, 3.8) is 0 Å². The first-order chi connectivity index (χ1) is 19.7. The van der Waals surface area contributed by atoms with E-state index in [4.69, 9.17) is 15.2 Å². The Hall–Kier alpha value is -0.650. The molecule has 1 unspecified atom stereocenters. The standard InChI is InChI=1S/C35H72N2O3/c1-3-5-7-9-11-13-15-17-19-21-23-25-30-39-33-34(32-37-35(38)28-27-29-36)40-31-26-24-22-20-18-16-14-12-10-8-6-4-2/h34H,3-33,36H2,1-2H3,(H,37,38). The smallest absolute Gasteiger partial charge is 0.220 e. The van der Waals surface area contributed by atoms with E-state index in [0.29, 0.717) is 26.1 Å². The monoisotopic (exact) mass is 569 g/mol. The molecule has 5 nitrogen and oxygen atoms in total. The molecule has 40 heavy (non-hydrogen) atoms. The second-order valence-corrected chi connectivity index (χ2v) is 12.0. The maximum atomic E-state index is 12.0. The summed E-state index contributed by atoms with van der Waals surface area (Å²) in [6, 6.07) is 0. The molecule has 0 saturated carbocycles. The molecule has 0 saturated heterocycles. The van der Waals surface area contributed by atoms with Gasteiger partial charge in [0.25, 0.3) is 0 Å². The van der Waals surface area contributed by atoms with Crippen LogP contribution in [0.3, 0.4) is 0 Å². The van der Waals surface area contributed by atoms with Crippen LogP contribution in [-0.4, -0.2) is 44.9 Å². The van der Waals surface area contributed by atoms with Crippen LogP contribution in [0, 0.1) is 0 Å². The zero-order valence-electron chi connectivity index (χ0n) is 27.3. The summed E-state index contributed by atoms with van der Waals surface area (Å²) in [5.41, 5.74) is 5.54. The number of nitrogens with two attached hydrogens (primary N) is 1. The molecule has 0 spiro atoms. The molecule has 0 aromatic rings. The average molecular weight is 569 g/mol. The fourth-order valence-electron chi connectivity index (χ4n) is 5.20. The van der Waals surface area contributed by atoms with Gasteiger partial charge < -0.3 is 20.5 Å². The second kappa shape index (κ2) is 34.6. The Labute approximate surface area is 250 Å². The highest BCUT2D eigenvalue weighted by Gasteiger charge is 2.11. The summed E-state index contributed by atoms with van der Waals surface area (Å²) in [6.45, 7) is 7.74. The lowest BCUT2D eigenvalue weighted by Crippen LogP contribution is -2.36. The van der Waals surface area contributed by atoms with Crippen LogP contribution >= 0.6 is 0 Å². The Morgan fingerprint density at radius 1 is 0.575 bits per heavy atom. The Balaban J connectivity index is 3.82. The van der Waals surface area contributed by atoms with Gasteiger partial charge >= 0.3 is 0 Å². The first-order valence-corrected chi connectivity index (χ1v) is 17.9. The Bertz CT molecular complexity index is 489. The predicted octanol–water partition coefficient (Wildman–Crippen LogP) is 9.65. The average Bonchev–Trinajstić information content (AvgIpc) is 2.96. The van der Waals surface area contributed by atoms with Crippen LogP contribution in [-0.2, 0) is 14.3 Å². The number of rotatable bonds is 34. The molecule has 3 N–H and O–H groups in total. The summed E-state index contributed by atoms with van der Waals surface area (Å²) in [7, 11) is 0. The molecule has 0 aliphatic rings. The third-order valence-electron chi connectivity index (χ3n) is 7.93. The van der Waals surface area contributed by atoms with E-state index in [1.54, 1.807) is 0 Å². The second-order valence-electron chi connectivity index (χ2n) is 12.0. The molecule has 0 aromatic heterocycles. The number of ether oxygens (including phenoxy) is 2. The van der Waals surface area contributed by atoms with Crippen molar-refractivity contribution in [2.75, 3.05) is 32.9 Å². The highest BCUT2D eigenvalue weighted by Crippen LogP contribution is 2.13. The van der Waals surface area contributed by atoms with Crippen LogP contribution in [0.15, 0.2) is 0 Å². The summed E-state index contributed by atoms with van der Waals surface area (Å²) in [5.74, 6) is 0.0605. The lowest BCUT2D eigenvalue weighted by molar-refractivity contribution is -0.122. The van der Waals surface area contributed by atoms with Crippen molar-refractivity contribution in [1.82, 2.24) is 5.32 Å². The molecular weight excluding hydrogens is 496 g/mol. The quantitative estimate of drug-likeness (QED) is 0.0758. The summed E-state index contributed by atoms with van der Waals surface area (Å²) in [6.07, 6.45) is 33.5. The van der Waals surface area contributed by atoms with E-state index in [-0.39, 0.29) is 12.0 Å². The van der Waals surface area contributed by atoms with E-state index in [9.17, 15) is 4.79 Å². The molecule has 5 heteroatoms. The molecule has 0 radical (unpaired) electrons. The summed E-state index contributed by atoms with van der Waals surface area (Å²) < 4.78 is 12.1. The predicted molar refractivity (Wildman–Crippen MR) is 174 cm³/mol. The number of hydrogen-bond acceptors (Lipinski definition) is 4. The number of nitrogens with one attached hydrogen (secondary N) is 1. The van der Waals surface area contributed by atoms with Crippen LogP contribution in [0.1, 0.15) is 181 Å². The van der Waals surface area contributed by atoms with Crippen LogP contribution in [0.4, 0.5) is 0 Å². The molecule has 0 heterocycles. The van der Waals surface area contributed by atoms with E-state index in [1.165, 1.54) is 141 Å². The van der Waals surface area contributed by atoms with Gasteiger partial charge in [-0.05, 0) is 25.8 Å². The SMILES string of the molecule is CCCCCCCCCCCCCCOCC(CNC(=O)CCCN)OCCCCCCCCCCCCCC. The van der Waals surface area contributed by atoms with Gasteiger partial charge in [-0.1, -0.05) is 155 Å². The normalized spacial score (nSPS) is 12.2. The zero-order chi connectivity index (χ0) is 29.2. The van der Waals surface area contributed by atoms with Crippen LogP contribution in [0.25, 0.3) is 0 Å². The van der Waals surface area contributed by atoms with Gasteiger partial charge in [0.05, 0.1) is 12.7 Å². The van der Waals surface area contributed by atoms with E-state index < -0.39 is 0 Å². The molecule has 0 aromatic carbocycles. The Kier molecular flexibility index (Phi) is 34.0. The first kappa shape index (κ1) is 39.4. The van der Waals surface area contributed by atoms with Crippen molar-refractivity contribution < 1.29 is 14.3 Å². The maximum absolute atomic E-state index is 12.0. The van der Waals surface area contributed by atoms with Gasteiger partial charge in [0.1, 0.15) is 0 Å². The van der Waals surface area contributed by atoms with Gasteiger partial charge in [-0.15, -0.1) is 0 Å². The zero-order valence-corrected chi connectivity index (χ0v) is 27.3. The van der Waals surface area contributed by atoms with Crippen molar-refractivity contribution in [3.8, 4) is 0 Å². The first-order valence-electron chi connectivity index (χ1n) is 17.9. The minimum atomic E-state index is -0.0631. The van der Waals surface area contributed by atoms with E-state index in [2.05, 4.69) is 19.2 Å². The summed E-state index contributed by atoms with van der Waals surface area (Å²) >= 11 is 0. The number of unbranched alkanes of at least 4 members (excludes halogenated alkanes) is 22. The molecule has 0 aliphatic heterocycles. The Morgan fingerprint density at radius 2 is 0.975 bits per heavy atom. The number of hydrogen-bond donors (Lipinski definition) is 2. The van der Waals surface area contributed by atoms with Crippen molar-refractivity contribution in [2.45, 2.75) is 187 Å². The van der Waals surface area contributed by atoms with Gasteiger partial charge in [0.2, 0.25) is 5.91 Å². The molecule has 240 valence electrons. The fraction of sp³-hybridized carbons (Fsp3) is 0.971. The highest BCUT2D eigenvalue weighted by molar-refractivity contribution is 5.75. The fourth-order valence-corrected chi connectivity index (χ4v) is 5.20. The van der Waals surface area contributed by atoms with Gasteiger partial charge in [-0.25, -0.2) is 0 Å². The van der Waals surface area contributed by atoms with Gasteiger partial charge in [0, 0.05) is 26.2 Å². The van der Waals surface area contributed by atoms with Crippen molar-refractivity contribution in [3.05, 3.63) is 0 Å². The van der Waals surface area contributed by atoms with Crippen LogP contribution in [0.5, 0.6) is 0 Å². The van der Waals surface area contributed by atoms with Gasteiger partial charge in [0.15, 0.2) is 0 Å². The summed E-state index contributed by atoms with van der Waals surface area (Å²) in [4.78, 5) is 12.0. The molecular formula is C35H72N2O3. The number of carbonyl (C=O) groups is 1. The topological polar surface area (TPSA) is 73.6 Å². The largest absolute Gasteiger partial charge is 0.379 e. The van der Waals surface area contributed by atoms with E-state index in [1.807, 2.05) is 0 Å². The summed E-state index contributed by atoms with van der Waals surface area (Å²) in [5, 5.41) is 3.01. The van der Waals surface area contributed by atoms with Gasteiger partial charge in [-0.3, -0.25) is 4.79 Å². The third-order valence-corrected chi connectivity index (χ3v) is 7.93. The lowest BCUT2D eigenvalue weighted by Gasteiger charge is -2.19. The van der Waals surface area contributed by atoms with Crippen molar-refractivity contribution in [2.24, 2.45) is 5.73 Å². The molecule has 1 atom stereocenters. The highest BCUT2D eigenvalue weighted by atomic mass is 16.5. The van der Waals surface area contributed by atoms with Crippen molar-refractivity contribution in [1.29, 1.82) is 0 Å². The Morgan fingerprint density at radius 3 is 1.40 bits per heavy atom. The van der Waals surface area contributed by atoms with Gasteiger partial charge in [-0.2, -0.15) is 0 Å². The number of carbonyl (C=O) groups excluding carboxylic acids is 1. The molecule has 0 fully saturated rings. The van der Waals surface area contributed by atoms with Crippen LogP contribution < -0.4 is 11.1 Å². The minimum absolute atomic E-state index is 0.0605. The molecule has 0 rings (SSSR count). The molecule has 0 aliphatic carbocycles. The van der Waals surface area contributed by atoms with E-state index >= 15 is 0 Å². The minimum Gasteiger partial charge on any atom is -0.379 e.